The fourth-order valence-corrected chi connectivity index (χ4v) is 2.65. The third kappa shape index (κ3) is 3.63. The second kappa shape index (κ2) is 7.04. The number of hydrogen-bond donors (Lipinski definition) is 2. The standard InChI is InChI=1S/C15H27N5O/c1-5-13-17-14(19-16)10(2)15(18-13)20(8-9-21-4)11(3)12-6-7-12/h11-12H,5-9,16H2,1-4H3,(H,17,18,19). The average molecular weight is 293 g/mol. The van der Waals surface area contributed by atoms with Crippen LogP contribution in [0.1, 0.15) is 38.1 Å². The molecule has 1 fully saturated rings. The predicted molar refractivity (Wildman–Crippen MR) is 85.4 cm³/mol. The molecule has 0 amide bonds. The number of ether oxygens (including phenoxy) is 1. The van der Waals surface area contributed by atoms with Crippen LogP contribution >= 0.6 is 0 Å². The van der Waals surface area contributed by atoms with Crippen molar-refractivity contribution in [2.24, 2.45) is 11.8 Å². The van der Waals surface area contributed by atoms with Gasteiger partial charge in [-0.25, -0.2) is 15.8 Å². The summed E-state index contributed by atoms with van der Waals surface area (Å²) < 4.78 is 5.27. The number of hydrogen-bond acceptors (Lipinski definition) is 6. The summed E-state index contributed by atoms with van der Waals surface area (Å²) in [4.78, 5) is 11.5. The first-order valence-electron chi connectivity index (χ1n) is 7.72. The quantitative estimate of drug-likeness (QED) is 0.563. The Balaban J connectivity index is 2.36. The van der Waals surface area contributed by atoms with Gasteiger partial charge in [0.1, 0.15) is 17.5 Å². The molecule has 0 radical (unpaired) electrons. The van der Waals surface area contributed by atoms with Crippen LogP contribution in [0.4, 0.5) is 11.6 Å². The molecule has 1 aliphatic rings. The highest BCUT2D eigenvalue weighted by molar-refractivity contribution is 5.58. The van der Waals surface area contributed by atoms with Gasteiger partial charge in [-0.2, -0.15) is 0 Å². The molecular weight excluding hydrogens is 266 g/mol. The molecule has 2 rings (SSSR count). The predicted octanol–water partition coefficient (Wildman–Crippen LogP) is 1.88. The number of anilines is 2. The van der Waals surface area contributed by atoms with Gasteiger partial charge in [-0.3, -0.25) is 0 Å². The number of aromatic nitrogens is 2. The summed E-state index contributed by atoms with van der Waals surface area (Å²) in [5, 5.41) is 0. The lowest BCUT2D eigenvalue weighted by molar-refractivity contribution is 0.202. The van der Waals surface area contributed by atoms with E-state index in [0.29, 0.717) is 18.5 Å². The third-order valence-corrected chi connectivity index (χ3v) is 4.22. The van der Waals surface area contributed by atoms with Crippen LogP contribution in [0, 0.1) is 12.8 Å². The van der Waals surface area contributed by atoms with Crippen molar-refractivity contribution in [3.05, 3.63) is 11.4 Å². The lowest BCUT2D eigenvalue weighted by atomic mass is 10.1. The Morgan fingerprint density at radius 2 is 2.14 bits per heavy atom. The molecule has 6 nitrogen and oxygen atoms in total. The van der Waals surface area contributed by atoms with Crippen molar-refractivity contribution in [2.75, 3.05) is 30.6 Å². The van der Waals surface area contributed by atoms with Crippen molar-refractivity contribution in [3.63, 3.8) is 0 Å². The molecule has 6 heteroatoms. The zero-order valence-electron chi connectivity index (χ0n) is 13.5. The van der Waals surface area contributed by atoms with E-state index in [2.05, 4.69) is 29.2 Å². The lowest BCUT2D eigenvalue weighted by Crippen LogP contribution is -2.39. The van der Waals surface area contributed by atoms with Crippen LogP contribution in [0.2, 0.25) is 0 Å². The Bertz CT molecular complexity index is 475. The normalized spacial score (nSPS) is 15.9. The molecule has 21 heavy (non-hydrogen) atoms. The van der Waals surface area contributed by atoms with Crippen molar-refractivity contribution in [2.45, 2.75) is 46.1 Å². The van der Waals surface area contributed by atoms with E-state index in [-0.39, 0.29) is 0 Å². The van der Waals surface area contributed by atoms with Gasteiger partial charge in [0.15, 0.2) is 0 Å². The second-order valence-electron chi connectivity index (χ2n) is 5.70. The van der Waals surface area contributed by atoms with E-state index in [1.54, 1.807) is 7.11 Å². The maximum absolute atomic E-state index is 5.61. The monoisotopic (exact) mass is 293 g/mol. The van der Waals surface area contributed by atoms with Gasteiger partial charge in [0.2, 0.25) is 0 Å². The number of nitrogens with one attached hydrogen (secondary N) is 1. The molecule has 1 aliphatic carbocycles. The number of nitrogen functional groups attached to an aromatic ring is 1. The lowest BCUT2D eigenvalue weighted by Gasteiger charge is -2.32. The van der Waals surface area contributed by atoms with E-state index in [0.717, 1.165) is 36.1 Å². The summed E-state index contributed by atoms with van der Waals surface area (Å²) in [6.45, 7) is 7.87. The first kappa shape index (κ1) is 16.0. The first-order valence-corrected chi connectivity index (χ1v) is 7.72. The van der Waals surface area contributed by atoms with Crippen molar-refractivity contribution < 1.29 is 4.74 Å². The van der Waals surface area contributed by atoms with Gasteiger partial charge in [0.25, 0.3) is 0 Å². The summed E-state index contributed by atoms with van der Waals surface area (Å²) in [5.41, 5.74) is 3.69. The smallest absolute Gasteiger partial charge is 0.148 e. The van der Waals surface area contributed by atoms with Crippen LogP contribution in [0.5, 0.6) is 0 Å². The Morgan fingerprint density at radius 3 is 2.67 bits per heavy atom. The maximum Gasteiger partial charge on any atom is 0.148 e. The summed E-state index contributed by atoms with van der Waals surface area (Å²) >= 11 is 0. The zero-order chi connectivity index (χ0) is 15.4. The SMILES string of the molecule is CCc1nc(NN)c(C)c(N(CCOC)C(C)C2CC2)n1. The summed E-state index contributed by atoms with van der Waals surface area (Å²) in [7, 11) is 1.73. The minimum absolute atomic E-state index is 0.462. The average Bonchev–Trinajstić information content (AvgIpc) is 3.33. The molecule has 1 saturated carbocycles. The number of aryl methyl sites for hydroxylation is 1. The molecule has 1 atom stereocenters. The first-order chi connectivity index (χ1) is 10.1. The number of nitrogens with two attached hydrogens (primary N) is 1. The number of methoxy groups -OCH3 is 1. The molecule has 3 N–H and O–H groups in total. The Labute approximate surface area is 127 Å². The molecule has 1 aromatic rings. The molecule has 0 aliphatic heterocycles. The maximum atomic E-state index is 5.61. The van der Waals surface area contributed by atoms with Crippen LogP contribution in [-0.4, -0.2) is 36.3 Å². The largest absolute Gasteiger partial charge is 0.383 e. The summed E-state index contributed by atoms with van der Waals surface area (Å²) in [5.74, 6) is 8.87. The van der Waals surface area contributed by atoms with Crippen LogP contribution in [0.15, 0.2) is 0 Å². The van der Waals surface area contributed by atoms with Crippen LogP contribution in [0.3, 0.4) is 0 Å². The summed E-state index contributed by atoms with van der Waals surface area (Å²) in [6, 6.07) is 0.462. The summed E-state index contributed by atoms with van der Waals surface area (Å²) in [6.07, 6.45) is 3.40. The zero-order valence-corrected chi connectivity index (χ0v) is 13.5. The van der Waals surface area contributed by atoms with Gasteiger partial charge in [-0.05, 0) is 32.6 Å². The van der Waals surface area contributed by atoms with Crippen LogP contribution in [-0.2, 0) is 11.2 Å². The molecule has 1 aromatic heterocycles. The third-order valence-electron chi connectivity index (χ3n) is 4.22. The Hall–Kier alpha value is -1.40. The highest BCUT2D eigenvalue weighted by Crippen LogP contribution is 2.37. The van der Waals surface area contributed by atoms with E-state index in [1.807, 2.05) is 6.92 Å². The topological polar surface area (TPSA) is 76.3 Å². The Morgan fingerprint density at radius 1 is 1.43 bits per heavy atom. The van der Waals surface area contributed by atoms with Crippen molar-refractivity contribution in [1.82, 2.24) is 9.97 Å². The van der Waals surface area contributed by atoms with Gasteiger partial charge >= 0.3 is 0 Å². The second-order valence-corrected chi connectivity index (χ2v) is 5.70. The highest BCUT2D eigenvalue weighted by atomic mass is 16.5. The molecule has 118 valence electrons. The van der Waals surface area contributed by atoms with Crippen molar-refractivity contribution in [1.29, 1.82) is 0 Å². The van der Waals surface area contributed by atoms with E-state index in [9.17, 15) is 0 Å². The molecule has 0 saturated heterocycles. The molecule has 0 aromatic carbocycles. The van der Waals surface area contributed by atoms with Gasteiger partial charge in [0.05, 0.1) is 6.61 Å². The molecular formula is C15H27N5O. The van der Waals surface area contributed by atoms with E-state index in [4.69, 9.17) is 15.6 Å². The van der Waals surface area contributed by atoms with Gasteiger partial charge < -0.3 is 15.1 Å². The minimum atomic E-state index is 0.462. The van der Waals surface area contributed by atoms with Crippen molar-refractivity contribution in [3.8, 4) is 0 Å². The highest BCUT2D eigenvalue weighted by Gasteiger charge is 2.33. The van der Waals surface area contributed by atoms with Gasteiger partial charge in [-0.15, -0.1) is 0 Å². The fraction of sp³-hybridized carbons (Fsp3) is 0.733. The molecule has 1 heterocycles. The van der Waals surface area contributed by atoms with E-state index >= 15 is 0 Å². The molecule has 1 unspecified atom stereocenters. The van der Waals surface area contributed by atoms with Gasteiger partial charge in [-0.1, -0.05) is 6.92 Å². The molecule has 0 bridgehead atoms. The number of nitrogens with zero attached hydrogens (tertiary/aromatic N) is 3. The molecule has 0 spiro atoms. The van der Waals surface area contributed by atoms with Crippen LogP contribution < -0.4 is 16.2 Å². The number of hydrazine groups is 1. The number of rotatable bonds is 8. The van der Waals surface area contributed by atoms with Gasteiger partial charge in [0, 0.05) is 31.7 Å². The van der Waals surface area contributed by atoms with Crippen LogP contribution in [0.25, 0.3) is 0 Å². The van der Waals surface area contributed by atoms with Crippen molar-refractivity contribution >= 4 is 11.6 Å². The minimum Gasteiger partial charge on any atom is -0.383 e. The fourth-order valence-electron chi connectivity index (χ4n) is 2.65. The van der Waals surface area contributed by atoms with E-state index < -0.39 is 0 Å². The van der Waals surface area contributed by atoms with E-state index in [1.165, 1.54) is 12.8 Å². The Kier molecular flexibility index (Phi) is 5.36.